The topological polar surface area (TPSA) is 63.8 Å². The zero-order chi connectivity index (χ0) is 11.5. The normalized spacial score (nSPS) is 24.7. The maximum absolute atomic E-state index is 13.8. The Hall–Kier alpha value is -1.23. The van der Waals surface area contributed by atoms with E-state index in [1.54, 1.807) is 0 Å². The number of aromatic nitrogens is 2. The molecule has 3 N–H and O–H groups in total. The molecule has 1 aliphatic rings. The largest absolute Gasteiger partial charge is 0.363 e. The fourth-order valence-electron chi connectivity index (χ4n) is 2.10. The predicted octanol–water partition coefficient (Wildman–Crippen LogP) is 1.47. The Morgan fingerprint density at radius 3 is 2.94 bits per heavy atom. The van der Waals surface area contributed by atoms with Gasteiger partial charge in [0, 0.05) is 12.1 Å². The Morgan fingerprint density at radius 2 is 2.31 bits per heavy atom. The SMILES string of the molecule is CCc1ncnc(NC2CCCC2N)c1F. The van der Waals surface area contributed by atoms with E-state index in [0.29, 0.717) is 12.1 Å². The molecule has 16 heavy (non-hydrogen) atoms. The van der Waals surface area contributed by atoms with Gasteiger partial charge in [-0.25, -0.2) is 14.4 Å². The first-order valence-corrected chi connectivity index (χ1v) is 5.74. The van der Waals surface area contributed by atoms with E-state index in [9.17, 15) is 4.39 Å². The highest BCUT2D eigenvalue weighted by atomic mass is 19.1. The van der Waals surface area contributed by atoms with Crippen molar-refractivity contribution in [2.75, 3.05) is 5.32 Å². The Morgan fingerprint density at radius 1 is 1.50 bits per heavy atom. The van der Waals surface area contributed by atoms with Crippen LogP contribution >= 0.6 is 0 Å². The van der Waals surface area contributed by atoms with Crippen LogP contribution in [0.15, 0.2) is 6.33 Å². The summed E-state index contributed by atoms with van der Waals surface area (Å²) in [6.45, 7) is 1.87. The quantitative estimate of drug-likeness (QED) is 0.816. The molecule has 0 spiro atoms. The molecule has 4 nitrogen and oxygen atoms in total. The van der Waals surface area contributed by atoms with Gasteiger partial charge in [0.25, 0.3) is 0 Å². The van der Waals surface area contributed by atoms with E-state index in [1.807, 2.05) is 6.92 Å². The number of anilines is 1. The highest BCUT2D eigenvalue weighted by Crippen LogP contribution is 2.22. The van der Waals surface area contributed by atoms with Gasteiger partial charge in [0.1, 0.15) is 6.33 Å². The van der Waals surface area contributed by atoms with Gasteiger partial charge in [-0.05, 0) is 25.7 Å². The minimum Gasteiger partial charge on any atom is -0.363 e. The monoisotopic (exact) mass is 224 g/mol. The third-order valence-electron chi connectivity index (χ3n) is 3.09. The van der Waals surface area contributed by atoms with Crippen LogP contribution in [0.1, 0.15) is 31.9 Å². The number of rotatable bonds is 3. The van der Waals surface area contributed by atoms with Crippen molar-refractivity contribution in [1.29, 1.82) is 0 Å². The third kappa shape index (κ3) is 2.14. The molecule has 0 aliphatic heterocycles. The van der Waals surface area contributed by atoms with E-state index in [0.717, 1.165) is 19.3 Å². The summed E-state index contributed by atoms with van der Waals surface area (Å²) in [6.07, 6.45) is 5.02. The van der Waals surface area contributed by atoms with Crippen LogP contribution < -0.4 is 11.1 Å². The Bertz CT molecular complexity index is 369. The van der Waals surface area contributed by atoms with Gasteiger partial charge in [-0.15, -0.1) is 0 Å². The number of nitrogens with two attached hydrogens (primary N) is 1. The molecule has 0 amide bonds. The van der Waals surface area contributed by atoms with E-state index in [4.69, 9.17) is 5.73 Å². The first-order chi connectivity index (χ1) is 7.72. The molecular weight excluding hydrogens is 207 g/mol. The van der Waals surface area contributed by atoms with Crippen molar-refractivity contribution < 1.29 is 4.39 Å². The first-order valence-electron chi connectivity index (χ1n) is 5.74. The lowest BCUT2D eigenvalue weighted by Gasteiger charge is -2.18. The highest BCUT2D eigenvalue weighted by molar-refractivity contribution is 5.39. The molecule has 1 fully saturated rings. The van der Waals surface area contributed by atoms with Crippen LogP contribution in [0.4, 0.5) is 10.2 Å². The molecule has 0 aromatic carbocycles. The van der Waals surface area contributed by atoms with Crippen molar-refractivity contribution in [2.24, 2.45) is 5.73 Å². The van der Waals surface area contributed by atoms with Crippen molar-refractivity contribution >= 4 is 5.82 Å². The van der Waals surface area contributed by atoms with Crippen molar-refractivity contribution in [3.05, 3.63) is 17.8 Å². The molecule has 2 unspecified atom stereocenters. The molecule has 1 aromatic heterocycles. The van der Waals surface area contributed by atoms with Crippen molar-refractivity contribution in [2.45, 2.75) is 44.7 Å². The number of hydrogen-bond donors (Lipinski definition) is 2. The summed E-state index contributed by atoms with van der Waals surface area (Å²) in [5.74, 6) is -0.0571. The van der Waals surface area contributed by atoms with E-state index in [1.165, 1.54) is 6.33 Å². The number of nitrogens with one attached hydrogen (secondary N) is 1. The lowest BCUT2D eigenvalue weighted by molar-refractivity contribution is 0.581. The summed E-state index contributed by atoms with van der Waals surface area (Å²) in [5.41, 5.74) is 6.37. The maximum atomic E-state index is 13.8. The standard InChI is InChI=1S/C11H17FN4/c1-2-8-10(12)11(15-6-14-8)16-9-5-3-4-7(9)13/h6-7,9H,2-5,13H2,1H3,(H,14,15,16). The van der Waals surface area contributed by atoms with E-state index in [-0.39, 0.29) is 23.7 Å². The maximum Gasteiger partial charge on any atom is 0.186 e. The summed E-state index contributed by atoms with van der Waals surface area (Å²) in [4.78, 5) is 7.83. The molecule has 88 valence electrons. The van der Waals surface area contributed by atoms with Crippen LogP contribution in [0, 0.1) is 5.82 Å². The summed E-state index contributed by atoms with van der Waals surface area (Å²) in [7, 11) is 0. The average Bonchev–Trinajstić information content (AvgIpc) is 2.68. The smallest absolute Gasteiger partial charge is 0.186 e. The van der Waals surface area contributed by atoms with Gasteiger partial charge in [-0.1, -0.05) is 6.92 Å². The first kappa shape index (κ1) is 11.3. The second-order valence-electron chi connectivity index (χ2n) is 4.18. The van der Waals surface area contributed by atoms with Crippen molar-refractivity contribution in [1.82, 2.24) is 9.97 Å². The van der Waals surface area contributed by atoms with Crippen LogP contribution in [0.2, 0.25) is 0 Å². The van der Waals surface area contributed by atoms with E-state index >= 15 is 0 Å². The van der Waals surface area contributed by atoms with Gasteiger partial charge in [-0.3, -0.25) is 0 Å². The molecule has 2 rings (SSSR count). The van der Waals surface area contributed by atoms with Crippen LogP contribution in [-0.2, 0) is 6.42 Å². The number of nitrogens with zero attached hydrogens (tertiary/aromatic N) is 2. The van der Waals surface area contributed by atoms with Crippen molar-refractivity contribution in [3.8, 4) is 0 Å². The summed E-state index contributed by atoms with van der Waals surface area (Å²) < 4.78 is 13.8. The average molecular weight is 224 g/mol. The van der Waals surface area contributed by atoms with Gasteiger partial charge >= 0.3 is 0 Å². The molecule has 0 radical (unpaired) electrons. The van der Waals surface area contributed by atoms with E-state index < -0.39 is 0 Å². The Labute approximate surface area is 94.5 Å². The molecule has 2 atom stereocenters. The molecule has 1 aliphatic carbocycles. The van der Waals surface area contributed by atoms with Gasteiger partial charge in [0.05, 0.1) is 5.69 Å². The van der Waals surface area contributed by atoms with Gasteiger partial charge in [0.2, 0.25) is 0 Å². The highest BCUT2D eigenvalue weighted by Gasteiger charge is 2.25. The number of halogens is 1. The lowest BCUT2D eigenvalue weighted by Crippen LogP contribution is -2.35. The summed E-state index contributed by atoms with van der Waals surface area (Å²) in [5, 5.41) is 3.08. The van der Waals surface area contributed by atoms with Crippen LogP contribution in [0.5, 0.6) is 0 Å². The molecule has 1 heterocycles. The molecule has 0 bridgehead atoms. The number of aryl methyl sites for hydroxylation is 1. The minimum atomic E-state index is -0.343. The number of hydrogen-bond acceptors (Lipinski definition) is 4. The predicted molar refractivity (Wildman–Crippen MR) is 60.6 cm³/mol. The second-order valence-corrected chi connectivity index (χ2v) is 4.18. The summed E-state index contributed by atoms with van der Waals surface area (Å²) in [6, 6.07) is 0.230. The Kier molecular flexibility index (Phi) is 3.33. The molecule has 0 saturated heterocycles. The fourth-order valence-corrected chi connectivity index (χ4v) is 2.10. The van der Waals surface area contributed by atoms with Crippen LogP contribution in [0.25, 0.3) is 0 Å². The van der Waals surface area contributed by atoms with Gasteiger partial charge in [-0.2, -0.15) is 0 Å². The molecular formula is C11H17FN4. The van der Waals surface area contributed by atoms with Crippen LogP contribution in [0.3, 0.4) is 0 Å². The summed E-state index contributed by atoms with van der Waals surface area (Å²) >= 11 is 0. The molecule has 1 aromatic rings. The van der Waals surface area contributed by atoms with Crippen molar-refractivity contribution in [3.63, 3.8) is 0 Å². The second kappa shape index (κ2) is 4.74. The van der Waals surface area contributed by atoms with Crippen LogP contribution in [-0.4, -0.2) is 22.1 Å². The third-order valence-corrected chi connectivity index (χ3v) is 3.09. The Balaban J connectivity index is 2.14. The lowest BCUT2D eigenvalue weighted by atomic mass is 10.2. The fraction of sp³-hybridized carbons (Fsp3) is 0.636. The zero-order valence-corrected chi connectivity index (χ0v) is 9.41. The van der Waals surface area contributed by atoms with E-state index in [2.05, 4.69) is 15.3 Å². The molecule has 1 saturated carbocycles. The zero-order valence-electron chi connectivity index (χ0n) is 9.41. The molecule has 5 heteroatoms. The minimum absolute atomic E-state index is 0.0967. The van der Waals surface area contributed by atoms with Gasteiger partial charge in [0.15, 0.2) is 11.6 Å². The van der Waals surface area contributed by atoms with Gasteiger partial charge < -0.3 is 11.1 Å².